The first-order valence-electron chi connectivity index (χ1n) is 7.42. The average Bonchev–Trinajstić information content (AvgIpc) is 3.01. The van der Waals surface area contributed by atoms with E-state index in [1.807, 2.05) is 11.8 Å². The molecule has 2 aliphatic heterocycles. The van der Waals surface area contributed by atoms with Crippen LogP contribution >= 0.6 is 11.8 Å². The molecule has 0 N–H and O–H groups in total. The van der Waals surface area contributed by atoms with Gasteiger partial charge >= 0.3 is 0 Å². The summed E-state index contributed by atoms with van der Waals surface area (Å²) in [7, 11) is 0. The van der Waals surface area contributed by atoms with Gasteiger partial charge in [0.15, 0.2) is 0 Å². The maximum atomic E-state index is 12.4. The van der Waals surface area contributed by atoms with Gasteiger partial charge in [-0.3, -0.25) is 4.79 Å². The molecule has 20 heavy (non-hydrogen) atoms. The van der Waals surface area contributed by atoms with E-state index in [0.717, 1.165) is 44.1 Å². The summed E-state index contributed by atoms with van der Waals surface area (Å²) in [6.45, 7) is 5.77. The fourth-order valence-electron chi connectivity index (χ4n) is 3.00. The number of anilines is 1. The number of aryl methyl sites for hydroxylation is 1. The van der Waals surface area contributed by atoms with E-state index >= 15 is 0 Å². The summed E-state index contributed by atoms with van der Waals surface area (Å²) >= 11 is 1.92. The van der Waals surface area contributed by atoms with Crippen LogP contribution in [0.15, 0.2) is 24.3 Å². The molecule has 2 saturated heterocycles. The number of carbonyl (C=O) groups excluding carboxylic acids is 1. The SMILES string of the molecule is Cc1cccc(N2CCN(C(=O)C3CCSC3)CC2)c1. The number of piperazine rings is 1. The molecule has 2 heterocycles. The minimum atomic E-state index is 0.283. The van der Waals surface area contributed by atoms with Crippen molar-refractivity contribution in [2.45, 2.75) is 13.3 Å². The first kappa shape index (κ1) is 13.8. The number of amides is 1. The van der Waals surface area contributed by atoms with Crippen LogP contribution in [0.4, 0.5) is 5.69 Å². The van der Waals surface area contributed by atoms with Crippen molar-refractivity contribution in [1.29, 1.82) is 0 Å². The van der Waals surface area contributed by atoms with E-state index in [9.17, 15) is 4.79 Å². The lowest BCUT2D eigenvalue weighted by molar-refractivity contribution is -0.135. The highest BCUT2D eigenvalue weighted by Crippen LogP contribution is 2.26. The number of nitrogens with zero attached hydrogens (tertiary/aromatic N) is 2. The van der Waals surface area contributed by atoms with Crippen molar-refractivity contribution in [3.8, 4) is 0 Å². The largest absolute Gasteiger partial charge is 0.368 e. The molecule has 1 aromatic rings. The van der Waals surface area contributed by atoms with Crippen molar-refractivity contribution in [3.05, 3.63) is 29.8 Å². The number of hydrogen-bond acceptors (Lipinski definition) is 3. The van der Waals surface area contributed by atoms with Crippen molar-refractivity contribution in [2.75, 3.05) is 42.6 Å². The first-order chi connectivity index (χ1) is 9.74. The Balaban J connectivity index is 1.58. The predicted octanol–water partition coefficient (Wildman–Crippen LogP) is 2.40. The molecule has 3 rings (SSSR count). The fraction of sp³-hybridized carbons (Fsp3) is 0.562. The van der Waals surface area contributed by atoms with Gasteiger partial charge in [-0.2, -0.15) is 11.8 Å². The van der Waals surface area contributed by atoms with E-state index in [4.69, 9.17) is 0 Å². The van der Waals surface area contributed by atoms with Crippen LogP contribution in [0.25, 0.3) is 0 Å². The maximum absolute atomic E-state index is 12.4. The van der Waals surface area contributed by atoms with Crippen LogP contribution in [0, 0.1) is 12.8 Å². The Hall–Kier alpha value is -1.16. The zero-order valence-corrected chi connectivity index (χ0v) is 12.9. The number of hydrogen-bond donors (Lipinski definition) is 0. The summed E-state index contributed by atoms with van der Waals surface area (Å²) in [4.78, 5) is 16.9. The molecule has 1 atom stereocenters. The highest BCUT2D eigenvalue weighted by Gasteiger charge is 2.29. The van der Waals surface area contributed by atoms with E-state index in [2.05, 4.69) is 41.0 Å². The Labute approximate surface area is 125 Å². The summed E-state index contributed by atoms with van der Waals surface area (Å²) in [6, 6.07) is 8.63. The smallest absolute Gasteiger partial charge is 0.226 e. The van der Waals surface area contributed by atoms with Crippen LogP contribution < -0.4 is 4.90 Å². The molecule has 1 aromatic carbocycles. The maximum Gasteiger partial charge on any atom is 0.226 e. The molecule has 4 heteroatoms. The molecule has 1 unspecified atom stereocenters. The Morgan fingerprint density at radius 1 is 1.25 bits per heavy atom. The monoisotopic (exact) mass is 290 g/mol. The summed E-state index contributed by atoms with van der Waals surface area (Å²) in [5.41, 5.74) is 2.58. The highest BCUT2D eigenvalue weighted by molar-refractivity contribution is 7.99. The quantitative estimate of drug-likeness (QED) is 0.835. The minimum absolute atomic E-state index is 0.283. The Bertz CT molecular complexity index is 477. The zero-order valence-electron chi connectivity index (χ0n) is 12.0. The molecule has 0 aromatic heterocycles. The lowest BCUT2D eigenvalue weighted by Crippen LogP contribution is -2.50. The van der Waals surface area contributed by atoms with E-state index in [-0.39, 0.29) is 5.92 Å². The molecule has 0 bridgehead atoms. The first-order valence-corrected chi connectivity index (χ1v) is 8.57. The number of thioether (sulfide) groups is 1. The lowest BCUT2D eigenvalue weighted by atomic mass is 10.1. The molecule has 108 valence electrons. The molecule has 0 spiro atoms. The van der Waals surface area contributed by atoms with Crippen molar-refractivity contribution < 1.29 is 4.79 Å². The van der Waals surface area contributed by atoms with E-state index in [1.165, 1.54) is 11.3 Å². The van der Waals surface area contributed by atoms with Gasteiger partial charge in [0.25, 0.3) is 0 Å². The second kappa shape index (κ2) is 6.08. The van der Waals surface area contributed by atoms with Crippen molar-refractivity contribution in [3.63, 3.8) is 0 Å². The van der Waals surface area contributed by atoms with E-state index < -0.39 is 0 Å². The fourth-order valence-corrected chi connectivity index (χ4v) is 4.21. The number of carbonyl (C=O) groups is 1. The third-order valence-electron chi connectivity index (χ3n) is 4.24. The van der Waals surface area contributed by atoms with Gasteiger partial charge < -0.3 is 9.80 Å². The Morgan fingerprint density at radius 3 is 2.70 bits per heavy atom. The van der Waals surface area contributed by atoms with Gasteiger partial charge in [-0.05, 0) is 36.8 Å². The van der Waals surface area contributed by atoms with Gasteiger partial charge in [0.05, 0.1) is 0 Å². The van der Waals surface area contributed by atoms with Gasteiger partial charge in [0.1, 0.15) is 0 Å². The summed E-state index contributed by atoms with van der Waals surface area (Å²) in [5.74, 6) is 2.85. The Kier molecular flexibility index (Phi) is 4.20. The van der Waals surface area contributed by atoms with Gasteiger partial charge in [0, 0.05) is 43.5 Å². The predicted molar refractivity (Wildman–Crippen MR) is 85.4 cm³/mol. The Morgan fingerprint density at radius 2 is 2.05 bits per heavy atom. The summed E-state index contributed by atoms with van der Waals surface area (Å²) in [5, 5.41) is 0. The molecule has 0 radical (unpaired) electrons. The number of benzene rings is 1. The zero-order chi connectivity index (χ0) is 13.9. The highest BCUT2D eigenvalue weighted by atomic mass is 32.2. The van der Waals surface area contributed by atoms with Crippen LogP contribution in [0.3, 0.4) is 0 Å². The molecular weight excluding hydrogens is 268 g/mol. The number of rotatable bonds is 2. The summed E-state index contributed by atoms with van der Waals surface area (Å²) in [6.07, 6.45) is 1.07. The van der Waals surface area contributed by atoms with Gasteiger partial charge in [-0.15, -0.1) is 0 Å². The normalized spacial score (nSPS) is 23.1. The second-order valence-corrected chi connectivity index (χ2v) is 6.86. The van der Waals surface area contributed by atoms with Crippen molar-refractivity contribution >= 4 is 23.4 Å². The molecule has 0 aliphatic carbocycles. The lowest BCUT2D eigenvalue weighted by Gasteiger charge is -2.37. The third kappa shape index (κ3) is 2.95. The van der Waals surface area contributed by atoms with Crippen LogP contribution in [0.5, 0.6) is 0 Å². The minimum Gasteiger partial charge on any atom is -0.368 e. The molecule has 2 aliphatic rings. The van der Waals surface area contributed by atoms with E-state index in [1.54, 1.807) is 0 Å². The van der Waals surface area contributed by atoms with Crippen LogP contribution in [0.1, 0.15) is 12.0 Å². The molecule has 0 saturated carbocycles. The standard InChI is InChI=1S/C16H22N2OS/c1-13-3-2-4-15(11-13)17-6-8-18(9-7-17)16(19)14-5-10-20-12-14/h2-4,11,14H,5-10,12H2,1H3. The van der Waals surface area contributed by atoms with E-state index in [0.29, 0.717) is 5.91 Å². The van der Waals surface area contributed by atoms with Crippen LogP contribution in [-0.4, -0.2) is 48.5 Å². The van der Waals surface area contributed by atoms with Crippen molar-refractivity contribution in [2.24, 2.45) is 5.92 Å². The molecular formula is C16H22N2OS. The topological polar surface area (TPSA) is 23.6 Å². The third-order valence-corrected chi connectivity index (χ3v) is 5.40. The second-order valence-electron chi connectivity index (χ2n) is 5.71. The van der Waals surface area contributed by atoms with Crippen molar-refractivity contribution in [1.82, 2.24) is 4.90 Å². The van der Waals surface area contributed by atoms with Gasteiger partial charge in [-0.25, -0.2) is 0 Å². The van der Waals surface area contributed by atoms with Crippen LogP contribution in [0.2, 0.25) is 0 Å². The van der Waals surface area contributed by atoms with Gasteiger partial charge in [-0.1, -0.05) is 12.1 Å². The molecule has 3 nitrogen and oxygen atoms in total. The average molecular weight is 290 g/mol. The summed E-state index contributed by atoms with van der Waals surface area (Å²) < 4.78 is 0. The molecule has 1 amide bonds. The van der Waals surface area contributed by atoms with Crippen LogP contribution in [-0.2, 0) is 4.79 Å². The van der Waals surface area contributed by atoms with Gasteiger partial charge in [0.2, 0.25) is 5.91 Å². The molecule has 2 fully saturated rings.